The third kappa shape index (κ3) is 2.60. The molecule has 0 aliphatic heterocycles. The Morgan fingerprint density at radius 3 is 2.69 bits per heavy atom. The van der Waals surface area contributed by atoms with Crippen LogP contribution in [-0.2, 0) is 22.4 Å². The molecule has 3 nitrogen and oxygen atoms in total. The molecule has 0 amide bonds. The number of benzene rings is 1. The Morgan fingerprint density at radius 1 is 1.50 bits per heavy atom. The van der Waals surface area contributed by atoms with Gasteiger partial charge in [0.1, 0.15) is 0 Å². The Hall–Kier alpha value is -1.82. The summed E-state index contributed by atoms with van der Waals surface area (Å²) in [5, 5.41) is 8.86. The summed E-state index contributed by atoms with van der Waals surface area (Å²) in [4.78, 5) is 11.3. The van der Waals surface area contributed by atoms with Crippen LogP contribution >= 0.6 is 0 Å². The first-order valence-corrected chi connectivity index (χ1v) is 5.21. The van der Waals surface area contributed by atoms with E-state index in [-0.39, 0.29) is 12.4 Å². The Labute approximate surface area is 95.7 Å². The van der Waals surface area contributed by atoms with E-state index in [2.05, 4.69) is 10.8 Å². The molecule has 0 bridgehead atoms. The summed E-state index contributed by atoms with van der Waals surface area (Å²) in [5.74, 6) is -0.248. The summed E-state index contributed by atoms with van der Waals surface area (Å²) in [6.07, 6.45) is 1.08. The smallest absolute Gasteiger partial charge is 0.309 e. The number of methoxy groups -OCH3 is 1. The molecular formula is C13H15NO2. The molecule has 0 aliphatic rings. The summed E-state index contributed by atoms with van der Waals surface area (Å²) in [7, 11) is 1.38. The molecular weight excluding hydrogens is 202 g/mol. The summed E-state index contributed by atoms with van der Waals surface area (Å²) < 4.78 is 4.66. The largest absolute Gasteiger partial charge is 0.469 e. The van der Waals surface area contributed by atoms with E-state index in [0.717, 1.165) is 23.1 Å². The highest BCUT2D eigenvalue weighted by Crippen LogP contribution is 2.18. The fourth-order valence-corrected chi connectivity index (χ4v) is 1.74. The van der Waals surface area contributed by atoms with Crippen molar-refractivity contribution in [3.8, 4) is 6.07 Å². The zero-order valence-corrected chi connectivity index (χ0v) is 9.83. The second-order valence-electron chi connectivity index (χ2n) is 3.65. The highest BCUT2D eigenvalue weighted by Gasteiger charge is 2.11. The van der Waals surface area contributed by atoms with E-state index in [1.165, 1.54) is 7.11 Å². The van der Waals surface area contributed by atoms with Crippen LogP contribution < -0.4 is 0 Å². The van der Waals surface area contributed by atoms with E-state index in [9.17, 15) is 4.79 Å². The number of hydrogen-bond acceptors (Lipinski definition) is 3. The van der Waals surface area contributed by atoms with E-state index < -0.39 is 0 Å². The number of carbonyl (C=O) groups excluding carboxylic acids is 1. The Kier molecular flexibility index (Phi) is 4.07. The van der Waals surface area contributed by atoms with Crippen molar-refractivity contribution in [2.75, 3.05) is 7.11 Å². The van der Waals surface area contributed by atoms with Gasteiger partial charge in [0.15, 0.2) is 0 Å². The fraction of sp³-hybridized carbons (Fsp3) is 0.385. The van der Waals surface area contributed by atoms with Crippen LogP contribution in [0.15, 0.2) is 12.1 Å². The van der Waals surface area contributed by atoms with Crippen LogP contribution in [0.25, 0.3) is 0 Å². The number of hydrogen-bond donors (Lipinski definition) is 0. The number of ether oxygens (including phenoxy) is 1. The summed E-state index contributed by atoms with van der Waals surface area (Å²) in [6, 6.07) is 5.76. The predicted molar refractivity (Wildman–Crippen MR) is 61.0 cm³/mol. The van der Waals surface area contributed by atoms with Gasteiger partial charge >= 0.3 is 5.97 Å². The quantitative estimate of drug-likeness (QED) is 0.729. The molecule has 16 heavy (non-hydrogen) atoms. The lowest BCUT2D eigenvalue weighted by Crippen LogP contribution is -2.08. The van der Waals surface area contributed by atoms with E-state index in [1.54, 1.807) is 6.07 Å². The van der Waals surface area contributed by atoms with Crippen LogP contribution in [0.2, 0.25) is 0 Å². The van der Waals surface area contributed by atoms with Gasteiger partial charge in [-0.15, -0.1) is 0 Å². The first-order valence-electron chi connectivity index (χ1n) is 5.21. The lowest BCUT2D eigenvalue weighted by atomic mass is 9.95. The van der Waals surface area contributed by atoms with Crippen molar-refractivity contribution in [1.29, 1.82) is 5.26 Å². The molecule has 1 aromatic rings. The number of carbonyl (C=O) groups is 1. The van der Waals surface area contributed by atoms with Crippen molar-refractivity contribution >= 4 is 5.97 Å². The van der Waals surface area contributed by atoms with Gasteiger partial charge in [-0.25, -0.2) is 0 Å². The Bertz CT molecular complexity index is 444. The summed E-state index contributed by atoms with van der Waals surface area (Å²) >= 11 is 0. The van der Waals surface area contributed by atoms with Crippen molar-refractivity contribution in [2.45, 2.75) is 26.7 Å². The second kappa shape index (κ2) is 5.32. The molecule has 84 valence electrons. The molecule has 0 atom stereocenters. The van der Waals surface area contributed by atoms with Crippen LogP contribution in [0, 0.1) is 18.3 Å². The van der Waals surface area contributed by atoms with Crippen molar-refractivity contribution in [1.82, 2.24) is 0 Å². The molecule has 1 aromatic carbocycles. The maximum Gasteiger partial charge on any atom is 0.309 e. The SMILES string of the molecule is CCc1cc(C#N)cc(C)c1CC(=O)OC. The molecule has 1 rings (SSSR count). The lowest BCUT2D eigenvalue weighted by molar-refractivity contribution is -0.139. The number of nitrogens with zero attached hydrogens (tertiary/aromatic N) is 1. The zero-order valence-electron chi connectivity index (χ0n) is 9.83. The normalized spacial score (nSPS) is 9.62. The topological polar surface area (TPSA) is 50.1 Å². The first-order chi connectivity index (χ1) is 7.62. The van der Waals surface area contributed by atoms with Crippen LogP contribution in [-0.4, -0.2) is 13.1 Å². The van der Waals surface area contributed by atoms with E-state index >= 15 is 0 Å². The van der Waals surface area contributed by atoms with Crippen LogP contribution in [0.3, 0.4) is 0 Å². The minimum Gasteiger partial charge on any atom is -0.469 e. The van der Waals surface area contributed by atoms with Crippen LogP contribution in [0.1, 0.15) is 29.2 Å². The van der Waals surface area contributed by atoms with Crippen molar-refractivity contribution in [2.24, 2.45) is 0 Å². The average Bonchev–Trinajstić information content (AvgIpc) is 2.30. The van der Waals surface area contributed by atoms with Gasteiger partial charge in [-0.1, -0.05) is 6.92 Å². The number of esters is 1. The second-order valence-corrected chi connectivity index (χ2v) is 3.65. The standard InChI is InChI=1S/C13H15NO2/c1-4-11-6-10(8-14)5-9(2)12(11)7-13(15)16-3/h5-6H,4,7H2,1-3H3. The maximum atomic E-state index is 11.3. The van der Waals surface area contributed by atoms with Gasteiger partial charge in [0.05, 0.1) is 25.2 Å². The molecule has 0 unspecified atom stereocenters. The van der Waals surface area contributed by atoms with Gasteiger partial charge in [-0.05, 0) is 42.2 Å². The van der Waals surface area contributed by atoms with Gasteiger partial charge in [0.2, 0.25) is 0 Å². The maximum absolute atomic E-state index is 11.3. The highest BCUT2D eigenvalue weighted by atomic mass is 16.5. The fourth-order valence-electron chi connectivity index (χ4n) is 1.74. The average molecular weight is 217 g/mol. The monoisotopic (exact) mass is 217 g/mol. The molecule has 0 radical (unpaired) electrons. The predicted octanol–water partition coefficient (Wildman–Crippen LogP) is 2.14. The van der Waals surface area contributed by atoms with Gasteiger partial charge in [0, 0.05) is 0 Å². The molecule has 0 heterocycles. The molecule has 0 saturated heterocycles. The molecule has 0 aromatic heterocycles. The van der Waals surface area contributed by atoms with Crippen LogP contribution in [0.5, 0.6) is 0 Å². The number of nitriles is 1. The first kappa shape index (κ1) is 12.3. The van der Waals surface area contributed by atoms with E-state index in [4.69, 9.17) is 5.26 Å². The molecule has 0 aliphatic carbocycles. The minimum absolute atomic E-state index is 0.248. The molecule has 0 spiro atoms. The van der Waals surface area contributed by atoms with Gasteiger partial charge in [-0.2, -0.15) is 5.26 Å². The van der Waals surface area contributed by atoms with E-state index in [1.807, 2.05) is 19.9 Å². The molecule has 0 fully saturated rings. The van der Waals surface area contributed by atoms with Crippen molar-refractivity contribution in [3.05, 3.63) is 34.4 Å². The van der Waals surface area contributed by atoms with E-state index in [0.29, 0.717) is 5.56 Å². The molecule has 0 N–H and O–H groups in total. The zero-order chi connectivity index (χ0) is 12.1. The summed E-state index contributed by atoms with van der Waals surface area (Å²) in [5.41, 5.74) is 3.64. The lowest BCUT2D eigenvalue weighted by Gasteiger charge is -2.11. The van der Waals surface area contributed by atoms with Gasteiger partial charge in [0.25, 0.3) is 0 Å². The van der Waals surface area contributed by atoms with Gasteiger partial charge in [-0.3, -0.25) is 4.79 Å². The Balaban J connectivity index is 3.17. The summed E-state index contributed by atoms with van der Waals surface area (Å²) in [6.45, 7) is 3.93. The molecule has 0 saturated carbocycles. The van der Waals surface area contributed by atoms with Crippen molar-refractivity contribution in [3.63, 3.8) is 0 Å². The third-order valence-corrected chi connectivity index (χ3v) is 2.62. The van der Waals surface area contributed by atoms with Gasteiger partial charge < -0.3 is 4.74 Å². The third-order valence-electron chi connectivity index (χ3n) is 2.62. The molecule has 3 heteroatoms. The number of aryl methyl sites for hydroxylation is 2. The number of rotatable bonds is 3. The Morgan fingerprint density at radius 2 is 2.19 bits per heavy atom. The highest BCUT2D eigenvalue weighted by molar-refractivity contribution is 5.73. The van der Waals surface area contributed by atoms with Crippen LogP contribution in [0.4, 0.5) is 0 Å². The van der Waals surface area contributed by atoms with Crippen molar-refractivity contribution < 1.29 is 9.53 Å². The minimum atomic E-state index is -0.248.